The molecule has 0 bridgehead atoms. The Bertz CT molecular complexity index is 973. The third-order valence-corrected chi connectivity index (χ3v) is 3.65. The van der Waals surface area contributed by atoms with Crippen molar-refractivity contribution in [3.63, 3.8) is 0 Å². The van der Waals surface area contributed by atoms with Crippen LogP contribution in [0.15, 0.2) is 47.5 Å². The van der Waals surface area contributed by atoms with Crippen LogP contribution in [0.4, 0.5) is 0 Å². The maximum Gasteiger partial charge on any atom is 0.276 e. The molecule has 3 aromatic heterocycles. The van der Waals surface area contributed by atoms with Crippen LogP contribution >= 0.6 is 0 Å². The van der Waals surface area contributed by atoms with Gasteiger partial charge in [-0.1, -0.05) is 26.8 Å². The van der Waals surface area contributed by atoms with Crippen molar-refractivity contribution in [1.82, 2.24) is 14.4 Å². The number of pyridine rings is 2. The van der Waals surface area contributed by atoms with Crippen LogP contribution < -0.4 is 5.56 Å². The second-order valence-corrected chi connectivity index (χ2v) is 6.36. The van der Waals surface area contributed by atoms with E-state index in [9.17, 15) is 10.1 Å². The van der Waals surface area contributed by atoms with Crippen LogP contribution in [-0.4, -0.2) is 14.4 Å². The highest BCUT2D eigenvalue weighted by molar-refractivity contribution is 5.67. The van der Waals surface area contributed by atoms with E-state index in [-0.39, 0.29) is 16.5 Å². The molecule has 0 amide bonds. The fourth-order valence-electron chi connectivity index (χ4n) is 2.38. The fraction of sp³-hybridized carbons (Fsp3) is 0.222. The smallest absolute Gasteiger partial charge is 0.267 e. The number of hydrogen-bond donors (Lipinski definition) is 0. The van der Waals surface area contributed by atoms with Crippen molar-refractivity contribution in [3.05, 3.63) is 64.3 Å². The highest BCUT2D eigenvalue weighted by Crippen LogP contribution is 2.24. The number of nitrogens with zero attached hydrogens (tertiary/aromatic N) is 4. The lowest BCUT2D eigenvalue weighted by Crippen LogP contribution is -2.19. The Morgan fingerprint density at radius 1 is 1.17 bits per heavy atom. The van der Waals surface area contributed by atoms with Gasteiger partial charge in [0.05, 0.1) is 5.69 Å². The van der Waals surface area contributed by atoms with Gasteiger partial charge in [0.25, 0.3) is 5.56 Å². The van der Waals surface area contributed by atoms with E-state index in [4.69, 9.17) is 0 Å². The molecule has 5 nitrogen and oxygen atoms in total. The van der Waals surface area contributed by atoms with Crippen LogP contribution in [-0.2, 0) is 5.41 Å². The third kappa shape index (κ3) is 2.59. The van der Waals surface area contributed by atoms with Gasteiger partial charge < -0.3 is 0 Å². The molecule has 0 N–H and O–H groups in total. The first-order chi connectivity index (χ1) is 10.9. The Morgan fingerprint density at radius 3 is 2.57 bits per heavy atom. The Balaban J connectivity index is 2.24. The minimum Gasteiger partial charge on any atom is -0.267 e. The predicted octanol–water partition coefficient (Wildman–Crippen LogP) is 2.93. The van der Waals surface area contributed by atoms with Gasteiger partial charge in [-0.15, -0.1) is 0 Å². The number of rotatable bonds is 1. The monoisotopic (exact) mass is 304 g/mol. The first kappa shape index (κ1) is 14.9. The standard InChI is InChI=1S/C18H16N4O/c1-18(2,3)14-8-7-12(11-20-14)16-13(10-19)17(23)22-9-5-4-6-15(22)21-16/h4-9,11H,1-3H3. The summed E-state index contributed by atoms with van der Waals surface area (Å²) < 4.78 is 1.37. The molecule has 0 unspecified atom stereocenters. The van der Waals surface area contributed by atoms with Gasteiger partial charge in [0.15, 0.2) is 0 Å². The summed E-state index contributed by atoms with van der Waals surface area (Å²) in [7, 11) is 0. The molecule has 0 spiro atoms. The lowest BCUT2D eigenvalue weighted by atomic mass is 9.91. The zero-order valence-corrected chi connectivity index (χ0v) is 13.2. The number of aromatic nitrogens is 3. The van der Waals surface area contributed by atoms with Crippen molar-refractivity contribution in [3.8, 4) is 17.3 Å². The normalized spacial score (nSPS) is 11.4. The molecule has 23 heavy (non-hydrogen) atoms. The van der Waals surface area contributed by atoms with Crippen molar-refractivity contribution >= 4 is 5.65 Å². The van der Waals surface area contributed by atoms with E-state index in [2.05, 4.69) is 30.7 Å². The molecule has 0 atom stereocenters. The topological polar surface area (TPSA) is 71.1 Å². The summed E-state index contributed by atoms with van der Waals surface area (Å²) in [4.78, 5) is 21.4. The molecule has 3 heterocycles. The van der Waals surface area contributed by atoms with Crippen molar-refractivity contribution in [1.29, 1.82) is 5.26 Å². The average molecular weight is 304 g/mol. The number of hydrogen-bond acceptors (Lipinski definition) is 4. The quantitative estimate of drug-likeness (QED) is 0.693. The summed E-state index contributed by atoms with van der Waals surface area (Å²) >= 11 is 0. The van der Waals surface area contributed by atoms with Crippen LogP contribution in [0.25, 0.3) is 16.9 Å². The van der Waals surface area contributed by atoms with Crippen LogP contribution in [0.5, 0.6) is 0 Å². The minimum atomic E-state index is -0.368. The van der Waals surface area contributed by atoms with Crippen molar-refractivity contribution in [2.75, 3.05) is 0 Å². The van der Waals surface area contributed by atoms with Gasteiger partial charge in [0.2, 0.25) is 0 Å². The fourth-order valence-corrected chi connectivity index (χ4v) is 2.38. The summed E-state index contributed by atoms with van der Waals surface area (Å²) in [6, 6.07) is 11.0. The molecule has 0 aliphatic heterocycles. The summed E-state index contributed by atoms with van der Waals surface area (Å²) in [5, 5.41) is 9.38. The van der Waals surface area contributed by atoms with Crippen LogP contribution in [0, 0.1) is 11.3 Å². The van der Waals surface area contributed by atoms with Crippen molar-refractivity contribution in [2.24, 2.45) is 0 Å². The average Bonchev–Trinajstić information content (AvgIpc) is 2.54. The van der Waals surface area contributed by atoms with E-state index in [1.54, 1.807) is 30.6 Å². The molecule has 3 aromatic rings. The second-order valence-electron chi connectivity index (χ2n) is 6.36. The molecule has 5 heteroatoms. The molecule has 0 radical (unpaired) electrons. The molecule has 114 valence electrons. The van der Waals surface area contributed by atoms with Gasteiger partial charge in [0.1, 0.15) is 17.3 Å². The predicted molar refractivity (Wildman–Crippen MR) is 88.1 cm³/mol. The van der Waals surface area contributed by atoms with E-state index in [1.807, 2.05) is 18.2 Å². The Hall–Kier alpha value is -3.00. The van der Waals surface area contributed by atoms with Crippen molar-refractivity contribution in [2.45, 2.75) is 26.2 Å². The molecule has 0 saturated carbocycles. The van der Waals surface area contributed by atoms with Crippen molar-refractivity contribution < 1.29 is 0 Å². The largest absolute Gasteiger partial charge is 0.276 e. The summed E-state index contributed by atoms with van der Waals surface area (Å²) in [5.41, 5.74) is 2.08. The van der Waals surface area contributed by atoms with E-state index in [1.165, 1.54) is 4.40 Å². The van der Waals surface area contributed by atoms with E-state index < -0.39 is 0 Å². The number of fused-ring (bicyclic) bond motifs is 1. The van der Waals surface area contributed by atoms with Gasteiger partial charge in [-0.3, -0.25) is 14.2 Å². The number of nitriles is 1. The first-order valence-electron chi connectivity index (χ1n) is 7.30. The Morgan fingerprint density at radius 2 is 1.96 bits per heavy atom. The molecular formula is C18H16N4O. The van der Waals surface area contributed by atoms with Gasteiger partial charge >= 0.3 is 0 Å². The SMILES string of the molecule is CC(C)(C)c1ccc(-c2nc3ccccn3c(=O)c2C#N)cn1. The molecule has 0 aliphatic rings. The van der Waals surface area contributed by atoms with Gasteiger partial charge in [-0.2, -0.15) is 5.26 Å². The summed E-state index contributed by atoms with van der Waals surface area (Å²) in [6.45, 7) is 6.24. The zero-order chi connectivity index (χ0) is 16.6. The van der Waals surface area contributed by atoms with E-state index in [0.29, 0.717) is 16.9 Å². The molecule has 0 saturated heterocycles. The van der Waals surface area contributed by atoms with Gasteiger partial charge in [-0.25, -0.2) is 4.98 Å². The maximum absolute atomic E-state index is 12.5. The maximum atomic E-state index is 12.5. The highest BCUT2D eigenvalue weighted by atomic mass is 16.1. The summed E-state index contributed by atoms with van der Waals surface area (Å²) in [6.07, 6.45) is 3.28. The second kappa shape index (κ2) is 5.33. The molecular weight excluding hydrogens is 288 g/mol. The van der Waals surface area contributed by atoms with Crippen LogP contribution in [0.3, 0.4) is 0 Å². The van der Waals surface area contributed by atoms with Crippen LogP contribution in [0.2, 0.25) is 0 Å². The highest BCUT2D eigenvalue weighted by Gasteiger charge is 2.17. The van der Waals surface area contributed by atoms with Gasteiger partial charge in [0, 0.05) is 29.1 Å². The minimum absolute atomic E-state index is 0.0269. The molecule has 3 rings (SSSR count). The molecule has 0 aliphatic carbocycles. The van der Waals surface area contributed by atoms with Crippen LogP contribution in [0.1, 0.15) is 32.0 Å². The summed E-state index contributed by atoms with van der Waals surface area (Å²) in [5.74, 6) is 0. The third-order valence-electron chi connectivity index (χ3n) is 3.65. The van der Waals surface area contributed by atoms with Gasteiger partial charge in [-0.05, 0) is 24.3 Å². The lowest BCUT2D eigenvalue weighted by molar-refractivity contribution is 0.569. The molecule has 0 fully saturated rings. The zero-order valence-electron chi connectivity index (χ0n) is 13.2. The first-order valence-corrected chi connectivity index (χ1v) is 7.30. The van der Waals surface area contributed by atoms with E-state index in [0.717, 1.165) is 5.69 Å². The Kier molecular flexibility index (Phi) is 3.45. The van der Waals surface area contributed by atoms with E-state index >= 15 is 0 Å². The molecule has 0 aromatic carbocycles. The lowest BCUT2D eigenvalue weighted by Gasteiger charge is -2.17. The Labute approximate surface area is 133 Å².